The molecule has 0 bridgehead atoms. The molecule has 1 fully saturated rings. The molecule has 47 heavy (non-hydrogen) atoms. The van der Waals surface area contributed by atoms with E-state index in [2.05, 4.69) is 28.1 Å². The zero-order chi connectivity index (χ0) is 34.8. The Morgan fingerprint density at radius 1 is 0.979 bits per heavy atom. The molecule has 5 atom stereocenters. The van der Waals surface area contributed by atoms with Gasteiger partial charge in [0.1, 0.15) is 11.6 Å². The number of benzene rings is 2. The predicted molar refractivity (Wildman–Crippen MR) is 184 cm³/mol. The van der Waals surface area contributed by atoms with E-state index in [1.54, 1.807) is 32.5 Å². The van der Waals surface area contributed by atoms with Crippen LogP contribution in [0.1, 0.15) is 66.4 Å². The fourth-order valence-corrected chi connectivity index (χ4v) is 6.59. The Kier molecular flexibility index (Phi) is 13.7. The van der Waals surface area contributed by atoms with Crippen molar-refractivity contribution in [2.45, 2.75) is 113 Å². The molecule has 2 aromatic rings. The zero-order valence-electron chi connectivity index (χ0n) is 28.3. The van der Waals surface area contributed by atoms with Crippen molar-refractivity contribution in [3.8, 4) is 0 Å². The van der Waals surface area contributed by atoms with Crippen LogP contribution < -0.4 is 21.7 Å². The van der Waals surface area contributed by atoms with E-state index in [-0.39, 0.29) is 24.1 Å². The third-order valence-electron chi connectivity index (χ3n) is 7.44. The van der Waals surface area contributed by atoms with Crippen molar-refractivity contribution in [1.82, 2.24) is 20.9 Å². The fraction of sp³-hybridized carbons (Fsp3) is 0.543. The number of thioether (sulfide) groups is 1. The van der Waals surface area contributed by atoms with E-state index in [0.717, 1.165) is 16.9 Å². The minimum atomic E-state index is -1.32. The fourth-order valence-electron chi connectivity index (χ4n) is 5.39. The second-order valence-corrected chi connectivity index (χ2v) is 15.4. The first-order valence-corrected chi connectivity index (χ1v) is 16.9. The SMILES string of the molecule is CC(C)(C)NC(=O)[C@@H]1C[C@H](Sc2ccccc2)CCN1C[C@@H](O)[C@H](Cc1ccccc1)NC(=O)[C@H](CC(N)=O)NC(=O)OC(C)(C)C. The number of hydrogen-bond donors (Lipinski definition) is 5. The van der Waals surface area contributed by atoms with E-state index < -0.39 is 59.7 Å². The number of likely N-dealkylation sites (tertiary alicyclic amines) is 1. The third-order valence-corrected chi connectivity index (χ3v) is 8.74. The lowest BCUT2D eigenvalue weighted by atomic mass is 9.96. The molecule has 0 unspecified atom stereocenters. The lowest BCUT2D eigenvalue weighted by Crippen LogP contribution is -2.60. The largest absolute Gasteiger partial charge is 0.444 e. The van der Waals surface area contributed by atoms with E-state index in [9.17, 15) is 24.3 Å². The summed E-state index contributed by atoms with van der Waals surface area (Å²) in [7, 11) is 0. The van der Waals surface area contributed by atoms with Crippen molar-refractivity contribution in [3.63, 3.8) is 0 Å². The van der Waals surface area contributed by atoms with Gasteiger partial charge in [-0.15, -0.1) is 11.8 Å². The molecule has 2 aromatic carbocycles. The number of aliphatic hydroxyl groups is 1. The Bertz CT molecular complexity index is 1330. The standard InChI is InChI=1S/C35H51N5O6S/c1-34(2,3)39-32(44)28-20-25(47-24-15-11-8-12-16-24)17-18-40(28)22-29(41)26(19-23-13-9-7-10-14-23)37-31(43)27(21-30(36)42)38-33(45)46-35(4,5)6/h7-16,25-29,41H,17-22H2,1-6H3,(H2,36,42)(H,37,43)(H,38,45)(H,39,44)/t25-,26+,27+,28+,29-/m1/s1. The highest BCUT2D eigenvalue weighted by atomic mass is 32.2. The van der Waals surface area contributed by atoms with Crippen molar-refractivity contribution in [2.75, 3.05) is 13.1 Å². The first-order chi connectivity index (χ1) is 22.0. The van der Waals surface area contributed by atoms with E-state index in [4.69, 9.17) is 10.5 Å². The lowest BCUT2D eigenvalue weighted by Gasteiger charge is -2.41. The maximum atomic E-state index is 13.6. The molecule has 3 rings (SSSR count). The van der Waals surface area contributed by atoms with Crippen molar-refractivity contribution in [3.05, 3.63) is 66.2 Å². The minimum Gasteiger partial charge on any atom is -0.444 e. The molecule has 0 radical (unpaired) electrons. The van der Waals surface area contributed by atoms with Gasteiger partial charge in [-0.25, -0.2) is 4.79 Å². The van der Waals surface area contributed by atoms with E-state index in [0.29, 0.717) is 13.0 Å². The first-order valence-electron chi connectivity index (χ1n) is 16.1. The maximum Gasteiger partial charge on any atom is 0.408 e. The number of primary amides is 1. The summed E-state index contributed by atoms with van der Waals surface area (Å²) < 4.78 is 5.29. The Morgan fingerprint density at radius 3 is 2.17 bits per heavy atom. The average Bonchev–Trinajstić information content (AvgIpc) is 2.96. The monoisotopic (exact) mass is 669 g/mol. The van der Waals surface area contributed by atoms with E-state index in [1.807, 2.05) is 74.2 Å². The molecule has 1 saturated heterocycles. The maximum absolute atomic E-state index is 13.6. The Morgan fingerprint density at radius 2 is 1.60 bits per heavy atom. The number of piperidine rings is 1. The van der Waals surface area contributed by atoms with Gasteiger partial charge in [-0.3, -0.25) is 19.3 Å². The van der Waals surface area contributed by atoms with Crippen LogP contribution in [0.5, 0.6) is 0 Å². The van der Waals surface area contributed by atoms with Gasteiger partial charge >= 0.3 is 6.09 Å². The highest BCUT2D eigenvalue weighted by Crippen LogP contribution is 2.33. The van der Waals surface area contributed by atoms with Crippen molar-refractivity contribution in [2.24, 2.45) is 5.73 Å². The number of alkyl carbamates (subject to hydrolysis) is 1. The van der Waals surface area contributed by atoms with Crippen LogP contribution in [0.4, 0.5) is 4.79 Å². The molecule has 12 heteroatoms. The summed E-state index contributed by atoms with van der Waals surface area (Å²) in [6.07, 6.45) is -0.767. The van der Waals surface area contributed by atoms with Gasteiger partial charge in [0.2, 0.25) is 17.7 Å². The van der Waals surface area contributed by atoms with Gasteiger partial charge in [0.05, 0.1) is 24.6 Å². The Labute approximate surface area is 282 Å². The average molecular weight is 670 g/mol. The molecule has 11 nitrogen and oxygen atoms in total. The second kappa shape index (κ2) is 17.0. The molecular weight excluding hydrogens is 618 g/mol. The van der Waals surface area contributed by atoms with Crippen molar-refractivity contribution < 1.29 is 29.0 Å². The van der Waals surface area contributed by atoms with E-state index in [1.165, 1.54) is 0 Å². The van der Waals surface area contributed by atoms with Crippen LogP contribution >= 0.6 is 11.8 Å². The van der Waals surface area contributed by atoms with Gasteiger partial charge in [-0.05, 0) is 78.5 Å². The molecule has 0 saturated carbocycles. The van der Waals surface area contributed by atoms with Crippen LogP contribution in [0.25, 0.3) is 0 Å². The van der Waals surface area contributed by atoms with Gasteiger partial charge in [-0.1, -0.05) is 48.5 Å². The second-order valence-electron chi connectivity index (χ2n) is 14.1. The molecule has 1 aliphatic rings. The lowest BCUT2D eigenvalue weighted by molar-refractivity contribution is -0.130. The van der Waals surface area contributed by atoms with Gasteiger partial charge in [0.15, 0.2) is 0 Å². The van der Waals surface area contributed by atoms with E-state index >= 15 is 0 Å². The molecule has 4 amide bonds. The van der Waals surface area contributed by atoms with Crippen LogP contribution in [-0.2, 0) is 25.5 Å². The van der Waals surface area contributed by atoms with Crippen LogP contribution in [-0.4, -0.2) is 87.5 Å². The highest BCUT2D eigenvalue weighted by Gasteiger charge is 2.38. The normalized spacial score (nSPS) is 19.1. The summed E-state index contributed by atoms with van der Waals surface area (Å²) in [6.45, 7) is 11.5. The number of ether oxygens (including phenoxy) is 1. The molecule has 0 aliphatic carbocycles. The summed E-state index contributed by atoms with van der Waals surface area (Å²) in [6, 6.07) is 16.8. The number of hydrogen-bond acceptors (Lipinski definition) is 8. The number of nitrogens with one attached hydrogen (secondary N) is 3. The summed E-state index contributed by atoms with van der Waals surface area (Å²) in [5.41, 5.74) is 5.01. The number of amides is 4. The highest BCUT2D eigenvalue weighted by molar-refractivity contribution is 8.00. The van der Waals surface area contributed by atoms with Crippen molar-refractivity contribution in [1.29, 1.82) is 0 Å². The smallest absolute Gasteiger partial charge is 0.408 e. The van der Waals surface area contributed by atoms with Gasteiger partial charge in [0, 0.05) is 28.8 Å². The quantitative estimate of drug-likeness (QED) is 0.217. The van der Waals surface area contributed by atoms with Crippen molar-refractivity contribution >= 4 is 35.6 Å². The molecule has 6 N–H and O–H groups in total. The van der Waals surface area contributed by atoms with Crippen LogP contribution in [0.3, 0.4) is 0 Å². The number of carbonyl (C=O) groups excluding carboxylic acids is 4. The third kappa shape index (κ3) is 13.6. The topological polar surface area (TPSA) is 163 Å². The number of nitrogens with zero attached hydrogens (tertiary/aromatic N) is 1. The number of aliphatic hydroxyl groups excluding tert-OH is 1. The van der Waals surface area contributed by atoms with Crippen LogP contribution in [0.2, 0.25) is 0 Å². The number of rotatable bonds is 13. The molecule has 258 valence electrons. The number of carbonyl (C=O) groups is 4. The van der Waals surface area contributed by atoms with Crippen LogP contribution in [0.15, 0.2) is 65.6 Å². The van der Waals surface area contributed by atoms with Crippen LogP contribution in [0, 0.1) is 0 Å². The molecule has 1 heterocycles. The Hall–Kier alpha value is -3.61. The summed E-state index contributed by atoms with van der Waals surface area (Å²) in [5, 5.41) is 20.3. The zero-order valence-corrected chi connectivity index (χ0v) is 29.1. The first kappa shape index (κ1) is 37.8. The molecule has 0 spiro atoms. The summed E-state index contributed by atoms with van der Waals surface area (Å²) >= 11 is 1.75. The summed E-state index contributed by atoms with van der Waals surface area (Å²) in [4.78, 5) is 54.6. The number of nitrogens with two attached hydrogens (primary N) is 1. The number of β-amino-alcohol motifs (C(OH)–C–C–N with tert-alkyl or cyclic N) is 1. The Balaban J connectivity index is 1.82. The summed E-state index contributed by atoms with van der Waals surface area (Å²) in [5.74, 6) is -1.59. The predicted octanol–water partition coefficient (Wildman–Crippen LogP) is 3.38. The molecule has 1 aliphatic heterocycles. The van der Waals surface area contributed by atoms with Gasteiger partial charge in [0.25, 0.3) is 0 Å². The van der Waals surface area contributed by atoms with Gasteiger partial charge in [-0.2, -0.15) is 0 Å². The molecule has 0 aromatic heterocycles. The molecular formula is C35H51N5O6S. The minimum absolute atomic E-state index is 0.114. The van der Waals surface area contributed by atoms with Gasteiger partial charge < -0.3 is 31.5 Å².